The summed E-state index contributed by atoms with van der Waals surface area (Å²) in [5.41, 5.74) is 1.29. The highest BCUT2D eigenvalue weighted by atomic mass is 19.1. The monoisotopic (exact) mass is 236 g/mol. The number of aryl methyl sites for hydroxylation is 1. The van der Waals surface area contributed by atoms with Gasteiger partial charge in [-0.1, -0.05) is 12.1 Å². The van der Waals surface area contributed by atoms with E-state index in [-0.39, 0.29) is 17.5 Å². The zero-order valence-electron chi connectivity index (χ0n) is 9.64. The van der Waals surface area contributed by atoms with E-state index >= 15 is 0 Å². The fourth-order valence-electron chi connectivity index (χ4n) is 1.53. The maximum atomic E-state index is 13.2. The lowest BCUT2D eigenvalue weighted by Gasteiger charge is -1.99. The zero-order valence-corrected chi connectivity index (χ0v) is 9.64. The second-order valence-electron chi connectivity index (χ2n) is 3.90. The van der Waals surface area contributed by atoms with Gasteiger partial charge in [0.2, 0.25) is 5.82 Å². The maximum Gasteiger partial charge on any atom is 0.258 e. The molecule has 0 fully saturated rings. The summed E-state index contributed by atoms with van der Waals surface area (Å²) in [6, 6.07) is 4.49. The quantitative estimate of drug-likeness (QED) is 0.889. The molecule has 0 spiro atoms. The van der Waals surface area contributed by atoms with Crippen LogP contribution in [0.2, 0.25) is 0 Å². The normalized spacial score (nSPS) is 12.7. The third kappa shape index (κ3) is 2.50. The van der Waals surface area contributed by atoms with E-state index < -0.39 is 6.10 Å². The molecule has 0 aliphatic heterocycles. The van der Waals surface area contributed by atoms with E-state index in [0.717, 1.165) is 5.56 Å². The fraction of sp³-hybridized carbons (Fsp3) is 0.333. The molecular weight excluding hydrogens is 223 g/mol. The molecule has 1 atom stereocenters. The SMILES string of the molecule is CCC(O)c1noc(-c2cc(C)cc(F)c2)n1. The van der Waals surface area contributed by atoms with Crippen LogP contribution in [0.4, 0.5) is 4.39 Å². The molecule has 0 aliphatic carbocycles. The second kappa shape index (κ2) is 4.63. The number of hydrogen-bond acceptors (Lipinski definition) is 4. The van der Waals surface area contributed by atoms with Crippen molar-refractivity contribution in [3.8, 4) is 11.5 Å². The van der Waals surface area contributed by atoms with Crippen LogP contribution in [0, 0.1) is 12.7 Å². The summed E-state index contributed by atoms with van der Waals surface area (Å²) < 4.78 is 18.2. The summed E-state index contributed by atoms with van der Waals surface area (Å²) in [6.45, 7) is 3.60. The maximum absolute atomic E-state index is 13.2. The van der Waals surface area contributed by atoms with Gasteiger partial charge in [-0.05, 0) is 37.1 Å². The molecular formula is C12H13FN2O2. The Labute approximate surface area is 98.1 Å². The van der Waals surface area contributed by atoms with Crippen molar-refractivity contribution >= 4 is 0 Å². The van der Waals surface area contributed by atoms with Crippen molar-refractivity contribution in [1.82, 2.24) is 10.1 Å². The van der Waals surface area contributed by atoms with Crippen molar-refractivity contribution < 1.29 is 14.0 Å². The van der Waals surface area contributed by atoms with Gasteiger partial charge in [0.1, 0.15) is 11.9 Å². The smallest absolute Gasteiger partial charge is 0.258 e. The van der Waals surface area contributed by atoms with E-state index in [1.807, 2.05) is 6.92 Å². The van der Waals surface area contributed by atoms with Crippen molar-refractivity contribution in [2.75, 3.05) is 0 Å². The first kappa shape index (κ1) is 11.7. The first-order valence-electron chi connectivity index (χ1n) is 5.39. The summed E-state index contributed by atoms with van der Waals surface area (Å²) in [5.74, 6) is 0.0929. The Morgan fingerprint density at radius 1 is 1.41 bits per heavy atom. The number of aliphatic hydroxyl groups excluding tert-OH is 1. The fourth-order valence-corrected chi connectivity index (χ4v) is 1.53. The van der Waals surface area contributed by atoms with Crippen molar-refractivity contribution in [2.24, 2.45) is 0 Å². The topological polar surface area (TPSA) is 59.2 Å². The van der Waals surface area contributed by atoms with E-state index in [1.54, 1.807) is 13.0 Å². The van der Waals surface area contributed by atoms with Gasteiger partial charge in [-0.25, -0.2) is 4.39 Å². The van der Waals surface area contributed by atoms with Gasteiger partial charge >= 0.3 is 0 Å². The van der Waals surface area contributed by atoms with E-state index in [9.17, 15) is 9.50 Å². The van der Waals surface area contributed by atoms with Gasteiger partial charge < -0.3 is 9.63 Å². The van der Waals surface area contributed by atoms with E-state index in [0.29, 0.717) is 12.0 Å². The molecule has 1 N–H and O–H groups in total. The third-order valence-electron chi connectivity index (χ3n) is 2.42. The van der Waals surface area contributed by atoms with E-state index in [1.165, 1.54) is 12.1 Å². The van der Waals surface area contributed by atoms with Gasteiger partial charge in [-0.3, -0.25) is 0 Å². The van der Waals surface area contributed by atoms with Gasteiger partial charge in [-0.2, -0.15) is 4.98 Å². The van der Waals surface area contributed by atoms with Gasteiger partial charge in [0.15, 0.2) is 0 Å². The molecule has 0 saturated heterocycles. The summed E-state index contributed by atoms with van der Waals surface area (Å²) >= 11 is 0. The molecule has 1 unspecified atom stereocenters. The van der Waals surface area contributed by atoms with Crippen LogP contribution in [0.3, 0.4) is 0 Å². The highest BCUT2D eigenvalue weighted by Crippen LogP contribution is 2.22. The molecule has 4 nitrogen and oxygen atoms in total. The molecule has 0 bridgehead atoms. The summed E-state index contributed by atoms with van der Waals surface area (Å²) in [6.07, 6.45) is -0.247. The predicted molar refractivity (Wildman–Crippen MR) is 59.7 cm³/mol. The number of nitrogens with zero attached hydrogens (tertiary/aromatic N) is 2. The zero-order chi connectivity index (χ0) is 12.4. The Bertz CT molecular complexity index is 505. The van der Waals surface area contributed by atoms with E-state index in [4.69, 9.17) is 4.52 Å². The number of aromatic nitrogens is 2. The minimum absolute atomic E-state index is 0.218. The minimum Gasteiger partial charge on any atom is -0.385 e. The molecule has 5 heteroatoms. The number of benzene rings is 1. The average molecular weight is 236 g/mol. The summed E-state index contributed by atoms with van der Waals surface area (Å²) in [4.78, 5) is 4.04. The molecule has 17 heavy (non-hydrogen) atoms. The van der Waals surface area contributed by atoms with Crippen LogP contribution in [0.5, 0.6) is 0 Å². The number of aliphatic hydroxyl groups is 1. The lowest BCUT2D eigenvalue weighted by molar-refractivity contribution is 0.159. The molecule has 1 aromatic carbocycles. The van der Waals surface area contributed by atoms with Crippen molar-refractivity contribution in [2.45, 2.75) is 26.4 Å². The predicted octanol–water partition coefficient (Wildman–Crippen LogP) is 2.63. The third-order valence-corrected chi connectivity index (χ3v) is 2.42. The first-order chi connectivity index (χ1) is 8.10. The second-order valence-corrected chi connectivity index (χ2v) is 3.90. The first-order valence-corrected chi connectivity index (χ1v) is 5.39. The van der Waals surface area contributed by atoms with Crippen LogP contribution >= 0.6 is 0 Å². The molecule has 0 radical (unpaired) electrons. The lowest BCUT2D eigenvalue weighted by atomic mass is 10.1. The van der Waals surface area contributed by atoms with Crippen molar-refractivity contribution in [3.63, 3.8) is 0 Å². The highest BCUT2D eigenvalue weighted by Gasteiger charge is 2.15. The summed E-state index contributed by atoms with van der Waals surface area (Å²) in [5, 5.41) is 13.2. The number of hydrogen-bond donors (Lipinski definition) is 1. The molecule has 2 aromatic rings. The Kier molecular flexibility index (Phi) is 3.19. The molecule has 1 aromatic heterocycles. The lowest BCUT2D eigenvalue weighted by Crippen LogP contribution is -1.97. The Hall–Kier alpha value is -1.75. The van der Waals surface area contributed by atoms with Crippen LogP contribution < -0.4 is 0 Å². The molecule has 0 saturated carbocycles. The largest absolute Gasteiger partial charge is 0.385 e. The Morgan fingerprint density at radius 2 is 2.18 bits per heavy atom. The van der Waals surface area contributed by atoms with Gasteiger partial charge in [0, 0.05) is 5.56 Å². The number of rotatable bonds is 3. The van der Waals surface area contributed by atoms with Crippen LogP contribution in [0.1, 0.15) is 30.8 Å². The molecule has 1 heterocycles. The van der Waals surface area contributed by atoms with Gasteiger partial charge in [0.25, 0.3) is 5.89 Å². The van der Waals surface area contributed by atoms with Crippen molar-refractivity contribution in [3.05, 3.63) is 35.4 Å². The average Bonchev–Trinajstić information content (AvgIpc) is 2.76. The van der Waals surface area contributed by atoms with Gasteiger partial charge in [0.05, 0.1) is 0 Å². The van der Waals surface area contributed by atoms with Crippen molar-refractivity contribution in [1.29, 1.82) is 0 Å². The summed E-state index contributed by atoms with van der Waals surface area (Å²) in [7, 11) is 0. The van der Waals surface area contributed by atoms with Gasteiger partial charge in [-0.15, -0.1) is 0 Å². The van der Waals surface area contributed by atoms with Crippen LogP contribution in [0.15, 0.2) is 22.7 Å². The van der Waals surface area contributed by atoms with Crippen LogP contribution in [-0.2, 0) is 0 Å². The molecule has 0 aliphatic rings. The standard InChI is InChI=1S/C12H13FN2O2/c1-3-10(16)11-14-12(17-15-11)8-4-7(2)5-9(13)6-8/h4-6,10,16H,3H2,1-2H3. The highest BCUT2D eigenvalue weighted by molar-refractivity contribution is 5.54. The molecule has 0 amide bonds. The van der Waals surface area contributed by atoms with Crippen LogP contribution in [-0.4, -0.2) is 15.2 Å². The molecule has 2 rings (SSSR count). The van der Waals surface area contributed by atoms with Crippen LogP contribution in [0.25, 0.3) is 11.5 Å². The Balaban J connectivity index is 2.36. The minimum atomic E-state index is -0.748. The number of halogens is 1. The van der Waals surface area contributed by atoms with E-state index in [2.05, 4.69) is 10.1 Å². The Morgan fingerprint density at radius 3 is 2.82 bits per heavy atom. The molecule has 90 valence electrons.